The highest BCUT2D eigenvalue weighted by Gasteiger charge is 2.07. The van der Waals surface area contributed by atoms with Crippen molar-refractivity contribution in [2.75, 3.05) is 7.11 Å². The lowest BCUT2D eigenvalue weighted by Gasteiger charge is -2.02. The van der Waals surface area contributed by atoms with E-state index in [1.807, 2.05) is 30.3 Å². The van der Waals surface area contributed by atoms with Gasteiger partial charge >= 0.3 is 0 Å². The van der Waals surface area contributed by atoms with Gasteiger partial charge in [-0.25, -0.2) is 0 Å². The van der Waals surface area contributed by atoms with Crippen LogP contribution in [0.4, 0.5) is 0 Å². The highest BCUT2D eigenvalue weighted by atomic mass is 16.5. The second-order valence-electron chi connectivity index (χ2n) is 4.90. The zero-order valence-corrected chi connectivity index (χ0v) is 12.8. The summed E-state index contributed by atoms with van der Waals surface area (Å²) in [5, 5.41) is 3.93. The number of para-hydroxylation sites is 1. The Kier molecular flexibility index (Phi) is 4.05. The van der Waals surface area contributed by atoms with Crippen LogP contribution in [0.1, 0.15) is 11.5 Å². The Labute approximate surface area is 132 Å². The van der Waals surface area contributed by atoms with E-state index in [4.69, 9.17) is 9.26 Å². The predicted molar refractivity (Wildman–Crippen MR) is 86.9 cm³/mol. The molecule has 0 aliphatic carbocycles. The van der Waals surface area contributed by atoms with Gasteiger partial charge in [0.25, 0.3) is 5.89 Å². The number of benzene rings is 1. The molecule has 0 radical (unpaired) electrons. The summed E-state index contributed by atoms with van der Waals surface area (Å²) in [6.07, 6.45) is 5.23. The standard InChI is InChI=1S/C17H15N3O3/c1-20-11-13(8-10-16(20)21)17-18-15(23-19-17)9-7-12-5-3-4-6-14(12)22-2/h3-11H,1-2H3/b9-7+. The third-order valence-electron chi connectivity index (χ3n) is 3.33. The van der Waals surface area contributed by atoms with Crippen molar-refractivity contribution in [3.8, 4) is 17.1 Å². The predicted octanol–water partition coefficient (Wildman–Crippen LogP) is 2.61. The number of aryl methyl sites for hydroxylation is 1. The first kappa shape index (κ1) is 14.8. The summed E-state index contributed by atoms with van der Waals surface area (Å²) in [6, 6.07) is 10.8. The minimum atomic E-state index is -0.0893. The molecule has 3 aromatic rings. The number of hydrogen-bond acceptors (Lipinski definition) is 5. The van der Waals surface area contributed by atoms with Gasteiger partial charge in [-0.2, -0.15) is 4.98 Å². The maximum atomic E-state index is 11.4. The highest BCUT2D eigenvalue weighted by molar-refractivity contribution is 5.70. The molecule has 0 aliphatic rings. The van der Waals surface area contributed by atoms with E-state index in [-0.39, 0.29) is 5.56 Å². The van der Waals surface area contributed by atoms with E-state index < -0.39 is 0 Å². The first-order valence-corrected chi connectivity index (χ1v) is 6.99. The molecule has 3 rings (SSSR count). The number of rotatable bonds is 4. The van der Waals surface area contributed by atoms with Crippen molar-refractivity contribution in [2.24, 2.45) is 7.05 Å². The molecule has 0 fully saturated rings. The summed E-state index contributed by atoms with van der Waals surface area (Å²) in [6.45, 7) is 0. The van der Waals surface area contributed by atoms with Crippen molar-refractivity contribution < 1.29 is 9.26 Å². The molecule has 2 heterocycles. The highest BCUT2D eigenvalue weighted by Crippen LogP contribution is 2.20. The van der Waals surface area contributed by atoms with Crippen LogP contribution in [0.25, 0.3) is 23.5 Å². The van der Waals surface area contributed by atoms with E-state index in [9.17, 15) is 4.79 Å². The molecule has 116 valence electrons. The van der Waals surface area contributed by atoms with Crippen molar-refractivity contribution in [1.29, 1.82) is 0 Å². The number of hydrogen-bond donors (Lipinski definition) is 0. The normalized spacial score (nSPS) is 11.0. The largest absolute Gasteiger partial charge is 0.496 e. The van der Waals surface area contributed by atoms with Gasteiger partial charge in [-0.1, -0.05) is 23.4 Å². The summed E-state index contributed by atoms with van der Waals surface area (Å²) in [7, 11) is 3.30. The van der Waals surface area contributed by atoms with E-state index in [2.05, 4.69) is 10.1 Å². The smallest absolute Gasteiger partial charge is 0.250 e. The van der Waals surface area contributed by atoms with Crippen molar-refractivity contribution in [1.82, 2.24) is 14.7 Å². The SMILES string of the molecule is COc1ccccc1/C=C/c1nc(-c2ccc(=O)n(C)c2)no1. The molecule has 0 amide bonds. The molecule has 6 nitrogen and oxygen atoms in total. The van der Waals surface area contributed by atoms with Crippen LogP contribution in [0.15, 0.2) is 51.9 Å². The second kappa shape index (κ2) is 6.31. The molecular formula is C17H15N3O3. The fourth-order valence-corrected chi connectivity index (χ4v) is 2.11. The number of methoxy groups -OCH3 is 1. The Bertz CT molecular complexity index is 909. The van der Waals surface area contributed by atoms with Gasteiger partial charge in [0.05, 0.1) is 7.11 Å². The Balaban J connectivity index is 1.86. The minimum Gasteiger partial charge on any atom is -0.496 e. The van der Waals surface area contributed by atoms with Gasteiger partial charge in [0, 0.05) is 36.5 Å². The lowest BCUT2D eigenvalue weighted by atomic mass is 10.2. The van der Waals surface area contributed by atoms with E-state index in [0.717, 1.165) is 11.3 Å². The second-order valence-corrected chi connectivity index (χ2v) is 4.90. The summed E-state index contributed by atoms with van der Waals surface area (Å²) < 4.78 is 12.0. The molecule has 0 aliphatic heterocycles. The molecule has 0 unspecified atom stereocenters. The van der Waals surface area contributed by atoms with Crippen molar-refractivity contribution in [2.45, 2.75) is 0 Å². The molecule has 23 heavy (non-hydrogen) atoms. The van der Waals surface area contributed by atoms with Crippen LogP contribution in [0.2, 0.25) is 0 Å². The minimum absolute atomic E-state index is 0.0893. The summed E-state index contributed by atoms with van der Waals surface area (Å²) >= 11 is 0. The Morgan fingerprint density at radius 2 is 2.00 bits per heavy atom. The molecule has 0 bridgehead atoms. The lowest BCUT2D eigenvalue weighted by molar-refractivity contribution is 0.411. The molecular weight excluding hydrogens is 294 g/mol. The number of aromatic nitrogens is 3. The summed E-state index contributed by atoms with van der Waals surface area (Å²) in [5.74, 6) is 1.57. The average molecular weight is 309 g/mol. The first-order chi connectivity index (χ1) is 11.2. The van der Waals surface area contributed by atoms with Crippen LogP contribution in [0, 0.1) is 0 Å². The van der Waals surface area contributed by atoms with Crippen LogP contribution in [0.3, 0.4) is 0 Å². The molecule has 0 saturated heterocycles. The molecule has 0 spiro atoms. The van der Waals surface area contributed by atoms with Gasteiger partial charge in [-0.3, -0.25) is 4.79 Å². The quantitative estimate of drug-likeness (QED) is 0.741. The number of pyridine rings is 1. The third-order valence-corrected chi connectivity index (χ3v) is 3.33. The van der Waals surface area contributed by atoms with E-state index in [1.165, 1.54) is 10.6 Å². The zero-order valence-electron chi connectivity index (χ0n) is 12.8. The molecule has 6 heteroatoms. The van der Waals surface area contributed by atoms with Gasteiger partial charge in [0.15, 0.2) is 0 Å². The lowest BCUT2D eigenvalue weighted by Crippen LogP contribution is -2.14. The van der Waals surface area contributed by atoms with Crippen molar-refractivity contribution >= 4 is 12.2 Å². The van der Waals surface area contributed by atoms with Gasteiger partial charge in [0.1, 0.15) is 5.75 Å². The van der Waals surface area contributed by atoms with Crippen LogP contribution in [-0.4, -0.2) is 21.8 Å². The van der Waals surface area contributed by atoms with Gasteiger partial charge in [0.2, 0.25) is 11.4 Å². The van der Waals surface area contributed by atoms with E-state index in [1.54, 1.807) is 32.5 Å². The van der Waals surface area contributed by atoms with Crippen LogP contribution < -0.4 is 10.3 Å². The zero-order chi connectivity index (χ0) is 16.2. The molecule has 0 saturated carbocycles. The maximum Gasteiger partial charge on any atom is 0.250 e. The summed E-state index contributed by atoms with van der Waals surface area (Å²) in [5.41, 5.74) is 1.54. The van der Waals surface area contributed by atoms with Gasteiger partial charge in [-0.05, 0) is 18.2 Å². The Morgan fingerprint density at radius 1 is 1.17 bits per heavy atom. The van der Waals surface area contributed by atoms with E-state index >= 15 is 0 Å². The first-order valence-electron chi connectivity index (χ1n) is 6.99. The van der Waals surface area contributed by atoms with Gasteiger partial charge in [-0.15, -0.1) is 0 Å². The fraction of sp³-hybridized carbons (Fsp3) is 0.118. The van der Waals surface area contributed by atoms with Crippen LogP contribution in [-0.2, 0) is 7.05 Å². The van der Waals surface area contributed by atoms with Crippen LogP contribution >= 0.6 is 0 Å². The third kappa shape index (κ3) is 3.21. The summed E-state index contributed by atoms with van der Waals surface area (Å²) in [4.78, 5) is 15.7. The average Bonchev–Trinajstić information content (AvgIpc) is 3.04. The molecule has 2 aromatic heterocycles. The monoisotopic (exact) mass is 309 g/mol. The Hall–Kier alpha value is -3.15. The number of nitrogens with zero attached hydrogens (tertiary/aromatic N) is 3. The van der Waals surface area contributed by atoms with E-state index in [0.29, 0.717) is 17.3 Å². The van der Waals surface area contributed by atoms with Crippen molar-refractivity contribution in [3.05, 3.63) is 64.4 Å². The van der Waals surface area contributed by atoms with Crippen molar-refractivity contribution in [3.63, 3.8) is 0 Å². The molecule has 0 atom stereocenters. The fourth-order valence-electron chi connectivity index (χ4n) is 2.11. The van der Waals surface area contributed by atoms with Crippen LogP contribution in [0.5, 0.6) is 5.75 Å². The molecule has 0 N–H and O–H groups in total. The topological polar surface area (TPSA) is 70.2 Å². The molecule has 1 aromatic carbocycles. The maximum absolute atomic E-state index is 11.4. The Morgan fingerprint density at radius 3 is 2.78 bits per heavy atom. The number of ether oxygens (including phenoxy) is 1. The van der Waals surface area contributed by atoms with Gasteiger partial charge < -0.3 is 13.8 Å².